The summed E-state index contributed by atoms with van der Waals surface area (Å²) in [6, 6.07) is 5.06. The lowest BCUT2D eigenvalue weighted by Crippen LogP contribution is -2.12. The topological polar surface area (TPSA) is 53.4 Å². The Morgan fingerprint density at radius 1 is 1.30 bits per heavy atom. The molecule has 1 aromatic carbocycles. The number of esters is 1. The van der Waals surface area contributed by atoms with Crippen LogP contribution in [0.1, 0.15) is 10.4 Å². The average Bonchev–Trinajstić information content (AvgIpc) is 2.84. The van der Waals surface area contributed by atoms with E-state index in [0.717, 1.165) is 0 Å². The van der Waals surface area contributed by atoms with Crippen molar-refractivity contribution >= 4 is 29.2 Å². The molecule has 5 nitrogen and oxygen atoms in total. The van der Waals surface area contributed by atoms with Gasteiger partial charge in [0, 0.05) is 13.2 Å². The van der Waals surface area contributed by atoms with Gasteiger partial charge in [-0.2, -0.15) is 5.10 Å². The monoisotopic (exact) mass is 314 g/mol. The molecule has 0 amide bonds. The summed E-state index contributed by atoms with van der Waals surface area (Å²) in [7, 11) is 1.72. The predicted molar refractivity (Wildman–Crippen MR) is 75.4 cm³/mol. The highest BCUT2D eigenvalue weighted by atomic mass is 35.5. The molecule has 1 aromatic heterocycles. The molecule has 0 radical (unpaired) electrons. The quantitative estimate of drug-likeness (QED) is 0.629. The largest absolute Gasteiger partial charge is 0.487 e. The molecule has 0 N–H and O–H groups in total. The predicted octanol–water partition coefficient (Wildman–Crippen LogP) is 2.96. The van der Waals surface area contributed by atoms with Gasteiger partial charge in [-0.05, 0) is 12.1 Å². The molecule has 0 spiro atoms. The number of hydrogen-bond acceptors (Lipinski definition) is 4. The molecule has 0 aliphatic heterocycles. The summed E-state index contributed by atoms with van der Waals surface area (Å²) in [6.45, 7) is 0.255. The van der Waals surface area contributed by atoms with Crippen LogP contribution in [0.3, 0.4) is 0 Å². The van der Waals surface area contributed by atoms with Crippen molar-refractivity contribution in [3.8, 4) is 5.75 Å². The summed E-state index contributed by atoms with van der Waals surface area (Å²) < 4.78 is 12.0. The second-order valence-corrected chi connectivity index (χ2v) is 4.75. The molecular formula is C13H12Cl2N2O3. The number of benzene rings is 1. The van der Waals surface area contributed by atoms with E-state index in [2.05, 4.69) is 5.10 Å². The van der Waals surface area contributed by atoms with Crippen molar-refractivity contribution in [2.75, 3.05) is 13.2 Å². The van der Waals surface area contributed by atoms with Crippen molar-refractivity contribution in [2.24, 2.45) is 7.05 Å². The van der Waals surface area contributed by atoms with Crippen LogP contribution in [0.4, 0.5) is 0 Å². The van der Waals surface area contributed by atoms with Crippen molar-refractivity contribution in [1.82, 2.24) is 9.78 Å². The van der Waals surface area contributed by atoms with E-state index in [1.807, 2.05) is 0 Å². The third-order valence-corrected chi connectivity index (χ3v) is 3.02. The van der Waals surface area contributed by atoms with Gasteiger partial charge in [0.2, 0.25) is 0 Å². The number of aromatic nitrogens is 2. The zero-order valence-corrected chi connectivity index (χ0v) is 12.2. The molecule has 0 fully saturated rings. The first kappa shape index (κ1) is 14.7. The molecule has 20 heavy (non-hydrogen) atoms. The van der Waals surface area contributed by atoms with Gasteiger partial charge in [0.1, 0.15) is 13.2 Å². The van der Waals surface area contributed by atoms with Crippen molar-refractivity contribution in [3.63, 3.8) is 0 Å². The fourth-order valence-electron chi connectivity index (χ4n) is 1.51. The van der Waals surface area contributed by atoms with Crippen LogP contribution >= 0.6 is 23.2 Å². The molecule has 7 heteroatoms. The lowest BCUT2D eigenvalue weighted by molar-refractivity contribution is 0.0450. The maximum absolute atomic E-state index is 11.6. The van der Waals surface area contributed by atoms with Crippen molar-refractivity contribution < 1.29 is 14.3 Å². The Bertz CT molecular complexity index is 593. The SMILES string of the molecule is Cn1cc(C(=O)OCCOc2c(Cl)cccc2Cl)cn1. The van der Waals surface area contributed by atoms with Gasteiger partial charge < -0.3 is 9.47 Å². The fraction of sp³-hybridized carbons (Fsp3) is 0.231. The molecule has 0 unspecified atom stereocenters. The second kappa shape index (κ2) is 6.63. The van der Waals surface area contributed by atoms with E-state index in [-0.39, 0.29) is 13.2 Å². The third kappa shape index (κ3) is 3.65. The number of rotatable bonds is 5. The van der Waals surface area contributed by atoms with E-state index in [4.69, 9.17) is 32.7 Å². The molecule has 2 rings (SSSR count). The Morgan fingerprint density at radius 3 is 2.60 bits per heavy atom. The normalized spacial score (nSPS) is 10.3. The van der Waals surface area contributed by atoms with Gasteiger partial charge in [-0.3, -0.25) is 4.68 Å². The molecular weight excluding hydrogens is 303 g/mol. The van der Waals surface area contributed by atoms with Gasteiger partial charge >= 0.3 is 5.97 Å². The number of ether oxygens (including phenoxy) is 2. The molecule has 2 aromatic rings. The number of carbonyl (C=O) groups is 1. The first-order valence-corrected chi connectivity index (χ1v) is 6.56. The second-order valence-electron chi connectivity index (χ2n) is 3.94. The Labute approximate surface area is 126 Å². The molecule has 0 atom stereocenters. The van der Waals surface area contributed by atoms with Crippen LogP contribution in [0.25, 0.3) is 0 Å². The van der Waals surface area contributed by atoms with Crippen LogP contribution in [0.15, 0.2) is 30.6 Å². The first-order chi connectivity index (χ1) is 9.58. The minimum Gasteiger partial charge on any atom is -0.487 e. The molecule has 0 saturated carbocycles. The summed E-state index contributed by atoms with van der Waals surface area (Å²) >= 11 is 11.9. The van der Waals surface area contributed by atoms with Crippen LogP contribution < -0.4 is 4.74 Å². The van der Waals surface area contributed by atoms with Crippen molar-refractivity contribution in [3.05, 3.63) is 46.2 Å². The minimum absolute atomic E-state index is 0.0925. The summed E-state index contributed by atoms with van der Waals surface area (Å²) in [6.07, 6.45) is 3.02. The van der Waals surface area contributed by atoms with E-state index < -0.39 is 5.97 Å². The molecule has 106 valence electrons. The van der Waals surface area contributed by atoms with Crippen LogP contribution in [-0.4, -0.2) is 29.0 Å². The Morgan fingerprint density at radius 2 is 2.00 bits per heavy atom. The summed E-state index contributed by atoms with van der Waals surface area (Å²) in [5, 5.41) is 4.71. The van der Waals surface area contributed by atoms with Crippen LogP contribution in [0.2, 0.25) is 10.0 Å². The van der Waals surface area contributed by atoms with Gasteiger partial charge in [0.05, 0.1) is 21.8 Å². The van der Waals surface area contributed by atoms with Gasteiger partial charge in [-0.15, -0.1) is 0 Å². The molecule has 0 saturated heterocycles. The van der Waals surface area contributed by atoms with Gasteiger partial charge in [-0.25, -0.2) is 4.79 Å². The number of halogens is 2. The number of carbonyl (C=O) groups excluding carboxylic acids is 1. The lowest BCUT2D eigenvalue weighted by atomic mass is 10.3. The van der Waals surface area contributed by atoms with Crippen molar-refractivity contribution in [2.45, 2.75) is 0 Å². The van der Waals surface area contributed by atoms with Crippen molar-refractivity contribution in [1.29, 1.82) is 0 Å². The average molecular weight is 315 g/mol. The standard InChI is InChI=1S/C13H12Cl2N2O3/c1-17-8-9(7-16-17)13(18)20-6-5-19-12-10(14)3-2-4-11(12)15/h2-4,7-8H,5-6H2,1H3. The summed E-state index contributed by atoms with van der Waals surface area (Å²) in [5.74, 6) is -0.0692. The highest BCUT2D eigenvalue weighted by Gasteiger charge is 2.10. The van der Waals surface area contributed by atoms with Crippen LogP contribution in [-0.2, 0) is 11.8 Å². The van der Waals surface area contributed by atoms with Gasteiger partial charge in [0.25, 0.3) is 0 Å². The highest BCUT2D eigenvalue weighted by Crippen LogP contribution is 2.32. The lowest BCUT2D eigenvalue weighted by Gasteiger charge is -2.09. The molecule has 1 heterocycles. The zero-order chi connectivity index (χ0) is 14.5. The zero-order valence-electron chi connectivity index (χ0n) is 10.7. The minimum atomic E-state index is -0.452. The summed E-state index contributed by atoms with van der Waals surface area (Å²) in [4.78, 5) is 11.6. The van der Waals surface area contributed by atoms with Gasteiger partial charge in [0.15, 0.2) is 5.75 Å². The fourth-order valence-corrected chi connectivity index (χ4v) is 2.02. The Kier molecular flexibility index (Phi) is 4.87. The molecule has 0 bridgehead atoms. The van der Waals surface area contributed by atoms with E-state index in [1.165, 1.54) is 10.9 Å². The van der Waals surface area contributed by atoms with E-state index in [1.54, 1.807) is 31.4 Å². The van der Waals surface area contributed by atoms with E-state index >= 15 is 0 Å². The van der Waals surface area contributed by atoms with Crippen LogP contribution in [0.5, 0.6) is 5.75 Å². The maximum atomic E-state index is 11.6. The highest BCUT2D eigenvalue weighted by molar-refractivity contribution is 6.37. The molecule has 0 aliphatic carbocycles. The first-order valence-electron chi connectivity index (χ1n) is 5.80. The Balaban J connectivity index is 1.81. The number of nitrogens with zero attached hydrogens (tertiary/aromatic N) is 2. The third-order valence-electron chi connectivity index (χ3n) is 2.42. The van der Waals surface area contributed by atoms with E-state index in [0.29, 0.717) is 21.4 Å². The number of para-hydroxylation sites is 1. The van der Waals surface area contributed by atoms with E-state index in [9.17, 15) is 4.79 Å². The summed E-state index contributed by atoms with van der Waals surface area (Å²) in [5.41, 5.74) is 0.392. The van der Waals surface area contributed by atoms with Crippen LogP contribution in [0, 0.1) is 0 Å². The van der Waals surface area contributed by atoms with Gasteiger partial charge in [-0.1, -0.05) is 29.3 Å². The smallest absolute Gasteiger partial charge is 0.341 e. The Hall–Kier alpha value is -1.72. The number of aryl methyl sites for hydroxylation is 1. The maximum Gasteiger partial charge on any atom is 0.341 e. The molecule has 0 aliphatic rings. The number of hydrogen-bond donors (Lipinski definition) is 0.